The lowest BCUT2D eigenvalue weighted by Crippen LogP contribution is -2.40. The molecule has 0 radical (unpaired) electrons. The first kappa shape index (κ1) is 10.5. The van der Waals surface area contributed by atoms with E-state index in [4.69, 9.17) is 4.74 Å². The van der Waals surface area contributed by atoms with E-state index in [9.17, 15) is 4.79 Å². The minimum atomic E-state index is 0.142. The Hall–Kier alpha value is -0.0200. The Morgan fingerprint density at radius 1 is 1.64 bits per heavy atom. The Morgan fingerprint density at radius 3 is 3.14 bits per heavy atom. The highest BCUT2D eigenvalue weighted by Gasteiger charge is 2.40. The van der Waals surface area contributed by atoms with E-state index in [0.717, 1.165) is 31.6 Å². The van der Waals surface area contributed by atoms with Crippen LogP contribution in [0.15, 0.2) is 0 Å². The maximum atomic E-state index is 11.1. The second-order valence-electron chi connectivity index (χ2n) is 4.60. The van der Waals surface area contributed by atoms with Crippen LogP contribution in [0.2, 0.25) is 0 Å². The minimum absolute atomic E-state index is 0.142. The van der Waals surface area contributed by atoms with Crippen molar-refractivity contribution in [3.63, 3.8) is 0 Å². The third kappa shape index (κ3) is 2.31. The molecule has 2 heterocycles. The van der Waals surface area contributed by atoms with Crippen LogP contribution in [0.3, 0.4) is 0 Å². The van der Waals surface area contributed by atoms with E-state index in [1.807, 2.05) is 11.8 Å². The van der Waals surface area contributed by atoms with Gasteiger partial charge in [0.15, 0.2) is 0 Å². The first-order valence-electron chi connectivity index (χ1n) is 5.41. The monoisotopic (exact) mass is 214 g/mol. The van der Waals surface area contributed by atoms with Crippen molar-refractivity contribution in [1.29, 1.82) is 0 Å². The summed E-state index contributed by atoms with van der Waals surface area (Å²) >= 11 is 1.99. The highest BCUT2D eigenvalue weighted by molar-refractivity contribution is 7.99. The molecule has 0 aromatic heterocycles. The van der Waals surface area contributed by atoms with Crippen LogP contribution in [0.5, 0.6) is 0 Å². The largest absolute Gasteiger partial charge is 0.374 e. The van der Waals surface area contributed by atoms with Crippen LogP contribution in [-0.2, 0) is 9.53 Å². The van der Waals surface area contributed by atoms with E-state index in [1.54, 1.807) is 6.92 Å². The lowest BCUT2D eigenvalue weighted by atomic mass is 9.83. The quantitative estimate of drug-likeness (QED) is 0.705. The smallest absolute Gasteiger partial charge is 0.130 e. The molecule has 2 atom stereocenters. The molecular weight excluding hydrogens is 196 g/mol. The molecule has 0 N–H and O–H groups in total. The van der Waals surface area contributed by atoms with Crippen molar-refractivity contribution in [1.82, 2.24) is 0 Å². The number of ketones is 1. The van der Waals surface area contributed by atoms with E-state index in [-0.39, 0.29) is 5.60 Å². The Morgan fingerprint density at radius 2 is 2.50 bits per heavy atom. The highest BCUT2D eigenvalue weighted by Crippen LogP contribution is 2.41. The summed E-state index contributed by atoms with van der Waals surface area (Å²) in [5, 5.41) is 0. The van der Waals surface area contributed by atoms with Gasteiger partial charge in [-0.1, -0.05) is 0 Å². The summed E-state index contributed by atoms with van der Waals surface area (Å²) in [6.07, 6.45) is 4.13. The average Bonchev–Trinajstić information content (AvgIpc) is 2.52. The van der Waals surface area contributed by atoms with Crippen molar-refractivity contribution in [2.24, 2.45) is 5.92 Å². The molecule has 2 fully saturated rings. The standard InChI is InChI=1S/C11H18O2S/c1-9(12)6-10-2-4-13-11(7-10)3-5-14-8-11/h10H,2-8H2,1H3. The topological polar surface area (TPSA) is 26.3 Å². The van der Waals surface area contributed by atoms with Gasteiger partial charge >= 0.3 is 0 Å². The number of thioether (sulfide) groups is 1. The Kier molecular flexibility index (Phi) is 3.17. The molecule has 0 bridgehead atoms. The second-order valence-corrected chi connectivity index (χ2v) is 5.70. The lowest BCUT2D eigenvalue weighted by molar-refractivity contribution is -0.121. The third-order valence-corrected chi connectivity index (χ3v) is 4.46. The zero-order valence-corrected chi connectivity index (χ0v) is 9.57. The van der Waals surface area contributed by atoms with Gasteiger partial charge in [-0.25, -0.2) is 0 Å². The van der Waals surface area contributed by atoms with Crippen LogP contribution in [-0.4, -0.2) is 29.5 Å². The minimum Gasteiger partial charge on any atom is -0.374 e. The Balaban J connectivity index is 1.93. The van der Waals surface area contributed by atoms with Crippen LogP contribution in [0, 0.1) is 5.92 Å². The van der Waals surface area contributed by atoms with E-state index < -0.39 is 0 Å². The predicted octanol–water partition coefficient (Wildman–Crippen LogP) is 2.27. The molecule has 1 spiro atoms. The fourth-order valence-corrected chi connectivity index (χ4v) is 3.95. The predicted molar refractivity (Wildman–Crippen MR) is 58.6 cm³/mol. The SMILES string of the molecule is CC(=O)CC1CCOC2(CCSC2)C1. The highest BCUT2D eigenvalue weighted by atomic mass is 32.2. The molecule has 14 heavy (non-hydrogen) atoms. The van der Waals surface area contributed by atoms with Gasteiger partial charge in [-0.3, -0.25) is 0 Å². The number of hydrogen-bond acceptors (Lipinski definition) is 3. The normalized spacial score (nSPS) is 37.6. The van der Waals surface area contributed by atoms with Gasteiger partial charge in [0.1, 0.15) is 5.78 Å². The van der Waals surface area contributed by atoms with Gasteiger partial charge in [0.25, 0.3) is 0 Å². The lowest BCUT2D eigenvalue weighted by Gasteiger charge is -2.37. The average molecular weight is 214 g/mol. The van der Waals surface area contributed by atoms with Crippen LogP contribution >= 0.6 is 11.8 Å². The Bertz CT molecular complexity index is 221. The van der Waals surface area contributed by atoms with Crippen molar-refractivity contribution in [3.8, 4) is 0 Å². The molecule has 2 rings (SSSR count). The van der Waals surface area contributed by atoms with Gasteiger partial charge in [-0.15, -0.1) is 0 Å². The summed E-state index contributed by atoms with van der Waals surface area (Å²) in [6.45, 7) is 2.56. The zero-order valence-electron chi connectivity index (χ0n) is 8.75. The number of hydrogen-bond donors (Lipinski definition) is 0. The summed E-state index contributed by atoms with van der Waals surface area (Å²) in [4.78, 5) is 11.1. The molecule has 80 valence electrons. The maximum absolute atomic E-state index is 11.1. The first-order chi connectivity index (χ1) is 6.70. The van der Waals surface area contributed by atoms with Crippen molar-refractivity contribution < 1.29 is 9.53 Å². The number of rotatable bonds is 2. The summed E-state index contributed by atoms with van der Waals surface area (Å²) in [7, 11) is 0. The molecule has 2 aliphatic heterocycles. The van der Waals surface area contributed by atoms with E-state index in [2.05, 4.69) is 0 Å². The first-order valence-corrected chi connectivity index (χ1v) is 6.57. The Labute approximate surface area is 89.8 Å². The van der Waals surface area contributed by atoms with Crippen molar-refractivity contribution in [2.45, 2.75) is 38.2 Å². The number of carbonyl (C=O) groups excluding carboxylic acids is 1. The molecule has 0 aliphatic carbocycles. The van der Waals surface area contributed by atoms with Crippen LogP contribution in [0.25, 0.3) is 0 Å². The van der Waals surface area contributed by atoms with Crippen molar-refractivity contribution in [2.75, 3.05) is 18.1 Å². The zero-order chi connectivity index (χ0) is 10.0. The molecule has 0 aromatic rings. The second kappa shape index (κ2) is 4.23. The van der Waals surface area contributed by atoms with E-state index >= 15 is 0 Å². The number of Topliss-reactive ketones (excluding diaryl/α,β-unsaturated/α-hetero) is 1. The maximum Gasteiger partial charge on any atom is 0.130 e. The molecular formula is C11H18O2S. The van der Waals surface area contributed by atoms with Gasteiger partial charge in [0.2, 0.25) is 0 Å². The fraction of sp³-hybridized carbons (Fsp3) is 0.909. The summed E-state index contributed by atoms with van der Waals surface area (Å²) < 4.78 is 5.91. The van der Waals surface area contributed by atoms with E-state index in [1.165, 1.54) is 12.2 Å². The van der Waals surface area contributed by atoms with Gasteiger partial charge in [0.05, 0.1) is 5.60 Å². The molecule has 0 amide bonds. The van der Waals surface area contributed by atoms with E-state index in [0.29, 0.717) is 11.7 Å². The van der Waals surface area contributed by atoms with Crippen LogP contribution in [0.4, 0.5) is 0 Å². The molecule has 0 aromatic carbocycles. The van der Waals surface area contributed by atoms with Crippen LogP contribution < -0.4 is 0 Å². The van der Waals surface area contributed by atoms with Gasteiger partial charge < -0.3 is 9.53 Å². The van der Waals surface area contributed by atoms with Crippen molar-refractivity contribution >= 4 is 17.5 Å². The summed E-state index contributed by atoms with van der Waals surface area (Å²) in [6, 6.07) is 0. The molecule has 3 heteroatoms. The van der Waals surface area contributed by atoms with Gasteiger partial charge in [-0.2, -0.15) is 11.8 Å². The number of carbonyl (C=O) groups is 1. The van der Waals surface area contributed by atoms with Gasteiger partial charge in [0, 0.05) is 18.8 Å². The van der Waals surface area contributed by atoms with Crippen LogP contribution in [0.1, 0.15) is 32.6 Å². The molecule has 2 aliphatic rings. The molecule has 2 unspecified atom stereocenters. The molecule has 2 saturated heterocycles. The molecule has 0 saturated carbocycles. The van der Waals surface area contributed by atoms with Gasteiger partial charge in [-0.05, 0) is 37.9 Å². The third-order valence-electron chi connectivity index (χ3n) is 3.24. The summed E-state index contributed by atoms with van der Waals surface area (Å²) in [5.41, 5.74) is 0.142. The summed E-state index contributed by atoms with van der Waals surface area (Å²) in [5.74, 6) is 3.28. The number of ether oxygens (including phenoxy) is 1. The fourth-order valence-electron chi connectivity index (χ4n) is 2.57. The van der Waals surface area contributed by atoms with Crippen molar-refractivity contribution in [3.05, 3.63) is 0 Å². The molecule has 2 nitrogen and oxygen atoms in total.